The number of carbonyl (C=O) groups is 1. The second-order valence-electron chi connectivity index (χ2n) is 6.53. The summed E-state index contributed by atoms with van der Waals surface area (Å²) in [6, 6.07) is 21.0. The molecule has 0 spiro atoms. The van der Waals surface area contributed by atoms with Gasteiger partial charge in [-0.1, -0.05) is 42.1 Å². The van der Waals surface area contributed by atoms with E-state index < -0.39 is 0 Å². The van der Waals surface area contributed by atoms with Gasteiger partial charge in [-0.3, -0.25) is 9.36 Å². The van der Waals surface area contributed by atoms with Gasteiger partial charge in [-0.15, -0.1) is 10.2 Å². The molecular formula is C23H21N5O3S. The molecule has 0 saturated carbocycles. The van der Waals surface area contributed by atoms with Crippen molar-refractivity contribution in [2.75, 3.05) is 12.4 Å². The van der Waals surface area contributed by atoms with Crippen LogP contribution in [-0.4, -0.2) is 39.2 Å². The average Bonchev–Trinajstić information content (AvgIpc) is 3.49. The van der Waals surface area contributed by atoms with Crippen molar-refractivity contribution in [3.63, 3.8) is 0 Å². The van der Waals surface area contributed by atoms with Crippen molar-refractivity contribution in [1.29, 1.82) is 0 Å². The Labute approximate surface area is 189 Å². The first-order chi connectivity index (χ1) is 15.7. The summed E-state index contributed by atoms with van der Waals surface area (Å²) in [7, 11) is 0. The maximum absolute atomic E-state index is 12.2. The van der Waals surface area contributed by atoms with Crippen molar-refractivity contribution in [2.45, 2.75) is 12.1 Å². The number of benzene rings is 2. The molecule has 0 saturated heterocycles. The highest BCUT2D eigenvalue weighted by atomic mass is 32.2. The molecular weight excluding hydrogens is 426 g/mol. The van der Waals surface area contributed by atoms with E-state index in [-0.39, 0.29) is 11.7 Å². The van der Waals surface area contributed by atoms with Crippen LogP contribution in [0.2, 0.25) is 0 Å². The van der Waals surface area contributed by atoms with E-state index in [9.17, 15) is 4.79 Å². The van der Waals surface area contributed by atoms with Gasteiger partial charge in [0, 0.05) is 11.3 Å². The van der Waals surface area contributed by atoms with E-state index in [4.69, 9.17) is 9.15 Å². The number of thioether (sulfide) groups is 1. The minimum atomic E-state index is -0.264. The van der Waals surface area contributed by atoms with Gasteiger partial charge in [0.1, 0.15) is 11.5 Å². The van der Waals surface area contributed by atoms with Crippen molar-refractivity contribution in [3.05, 3.63) is 78.8 Å². The quantitative estimate of drug-likeness (QED) is 0.235. The first-order valence-corrected chi connectivity index (χ1v) is 11.0. The third-order valence-electron chi connectivity index (χ3n) is 4.33. The summed E-state index contributed by atoms with van der Waals surface area (Å²) in [5.41, 5.74) is 4.28. The molecule has 0 radical (unpaired) electrons. The second-order valence-corrected chi connectivity index (χ2v) is 7.47. The number of aromatic nitrogens is 3. The molecule has 4 aromatic rings. The zero-order valence-corrected chi connectivity index (χ0v) is 18.2. The Hall–Kier alpha value is -3.85. The second kappa shape index (κ2) is 10.5. The minimum Gasteiger partial charge on any atom is -0.494 e. The number of ether oxygens (including phenoxy) is 1. The van der Waals surface area contributed by atoms with Crippen molar-refractivity contribution < 1.29 is 13.9 Å². The fourth-order valence-corrected chi connectivity index (χ4v) is 3.67. The molecule has 0 aliphatic carbocycles. The lowest BCUT2D eigenvalue weighted by Crippen LogP contribution is -2.19. The van der Waals surface area contributed by atoms with Crippen LogP contribution in [-0.2, 0) is 4.79 Å². The molecule has 8 nitrogen and oxygen atoms in total. The molecule has 1 N–H and O–H groups in total. The van der Waals surface area contributed by atoms with Crippen LogP contribution < -0.4 is 10.2 Å². The highest BCUT2D eigenvalue weighted by Crippen LogP contribution is 2.28. The molecule has 1 amide bonds. The zero-order chi connectivity index (χ0) is 22.2. The van der Waals surface area contributed by atoms with Gasteiger partial charge in [0.25, 0.3) is 5.91 Å². The first-order valence-electron chi connectivity index (χ1n) is 9.97. The van der Waals surface area contributed by atoms with Crippen molar-refractivity contribution >= 4 is 23.9 Å². The van der Waals surface area contributed by atoms with E-state index in [0.29, 0.717) is 23.3 Å². The van der Waals surface area contributed by atoms with Gasteiger partial charge in [-0.2, -0.15) is 5.10 Å². The lowest BCUT2D eigenvalue weighted by molar-refractivity contribution is -0.118. The van der Waals surface area contributed by atoms with Crippen LogP contribution in [0.25, 0.3) is 17.1 Å². The normalized spacial score (nSPS) is 11.0. The third-order valence-corrected chi connectivity index (χ3v) is 5.26. The Kier molecular flexibility index (Phi) is 6.98. The summed E-state index contributed by atoms with van der Waals surface area (Å²) in [5.74, 6) is 1.89. The molecule has 0 aliphatic rings. The van der Waals surface area contributed by atoms with E-state index >= 15 is 0 Å². The van der Waals surface area contributed by atoms with Crippen LogP contribution in [0.3, 0.4) is 0 Å². The molecule has 4 rings (SSSR count). The maximum atomic E-state index is 12.2. The van der Waals surface area contributed by atoms with Crippen LogP contribution in [0.5, 0.6) is 5.75 Å². The van der Waals surface area contributed by atoms with Crippen LogP contribution in [0.15, 0.2) is 87.7 Å². The third kappa shape index (κ3) is 5.25. The van der Waals surface area contributed by atoms with Gasteiger partial charge in [0.15, 0.2) is 11.0 Å². The minimum absolute atomic E-state index is 0.124. The largest absolute Gasteiger partial charge is 0.494 e. The molecule has 0 atom stereocenters. The molecule has 2 aromatic heterocycles. The predicted octanol–water partition coefficient (Wildman–Crippen LogP) is 4.17. The molecule has 0 fully saturated rings. The maximum Gasteiger partial charge on any atom is 0.250 e. The molecule has 0 bridgehead atoms. The number of rotatable bonds is 9. The van der Waals surface area contributed by atoms with Gasteiger partial charge in [0.05, 0.1) is 24.8 Å². The van der Waals surface area contributed by atoms with Gasteiger partial charge < -0.3 is 9.15 Å². The fourth-order valence-electron chi connectivity index (χ4n) is 2.92. The lowest BCUT2D eigenvalue weighted by Gasteiger charge is -2.11. The molecule has 2 aromatic carbocycles. The molecule has 0 unspecified atom stereocenters. The SMILES string of the molecule is CCOc1ccc(-n2c(SCC(=O)N/N=C/c3ccco3)nnc2-c2ccccc2)cc1. The topological polar surface area (TPSA) is 94.5 Å². The Bertz CT molecular complexity index is 1170. The summed E-state index contributed by atoms with van der Waals surface area (Å²) in [6.07, 6.45) is 2.98. The van der Waals surface area contributed by atoms with Gasteiger partial charge in [-0.25, -0.2) is 5.43 Å². The van der Waals surface area contributed by atoms with Gasteiger partial charge in [-0.05, 0) is 43.3 Å². The van der Waals surface area contributed by atoms with E-state index in [1.54, 1.807) is 12.1 Å². The summed E-state index contributed by atoms with van der Waals surface area (Å²) in [4.78, 5) is 12.2. The Morgan fingerprint density at radius 2 is 1.94 bits per heavy atom. The zero-order valence-electron chi connectivity index (χ0n) is 17.3. The highest BCUT2D eigenvalue weighted by molar-refractivity contribution is 7.99. The molecule has 32 heavy (non-hydrogen) atoms. The standard InChI is InChI=1S/C23H21N5O3S/c1-2-30-19-12-10-18(11-13-19)28-22(17-7-4-3-5-8-17)26-27-23(28)32-16-21(29)25-24-15-20-9-6-14-31-20/h3-15H,2,16H2,1H3,(H,25,29)/b24-15+. The highest BCUT2D eigenvalue weighted by Gasteiger charge is 2.17. The Morgan fingerprint density at radius 3 is 2.66 bits per heavy atom. The molecule has 0 aliphatic heterocycles. The van der Waals surface area contributed by atoms with Crippen LogP contribution in [0.1, 0.15) is 12.7 Å². The number of hydrogen-bond acceptors (Lipinski definition) is 7. The van der Waals surface area contributed by atoms with Gasteiger partial charge in [0.2, 0.25) is 0 Å². The monoisotopic (exact) mass is 447 g/mol. The number of hydrogen-bond donors (Lipinski definition) is 1. The predicted molar refractivity (Wildman–Crippen MR) is 123 cm³/mol. The molecule has 9 heteroatoms. The van der Waals surface area contributed by atoms with E-state index in [1.807, 2.05) is 66.1 Å². The molecule has 162 valence electrons. The summed E-state index contributed by atoms with van der Waals surface area (Å²) >= 11 is 1.28. The fraction of sp³-hybridized carbons (Fsp3) is 0.130. The lowest BCUT2D eigenvalue weighted by atomic mass is 10.2. The van der Waals surface area contributed by atoms with Crippen molar-refractivity contribution in [2.24, 2.45) is 5.10 Å². The number of furan rings is 1. The molecule has 2 heterocycles. The number of hydrazone groups is 1. The van der Waals surface area contributed by atoms with E-state index in [0.717, 1.165) is 17.0 Å². The number of nitrogens with zero attached hydrogens (tertiary/aromatic N) is 4. The summed E-state index contributed by atoms with van der Waals surface area (Å²) in [5, 5.41) is 13.2. The van der Waals surface area contributed by atoms with Crippen molar-refractivity contribution in [3.8, 4) is 22.8 Å². The van der Waals surface area contributed by atoms with Crippen molar-refractivity contribution in [1.82, 2.24) is 20.2 Å². The van der Waals surface area contributed by atoms with Crippen LogP contribution >= 0.6 is 11.8 Å². The average molecular weight is 448 g/mol. The van der Waals surface area contributed by atoms with Crippen LogP contribution in [0, 0.1) is 0 Å². The van der Waals surface area contributed by atoms with Gasteiger partial charge >= 0.3 is 0 Å². The van der Waals surface area contributed by atoms with Crippen LogP contribution in [0.4, 0.5) is 0 Å². The number of carbonyl (C=O) groups excluding carboxylic acids is 1. The van der Waals surface area contributed by atoms with E-state index in [2.05, 4.69) is 20.7 Å². The summed E-state index contributed by atoms with van der Waals surface area (Å²) in [6.45, 7) is 2.54. The Morgan fingerprint density at radius 1 is 1.12 bits per heavy atom. The smallest absolute Gasteiger partial charge is 0.250 e. The first kappa shape index (κ1) is 21.4. The number of nitrogens with one attached hydrogen (secondary N) is 1. The number of amides is 1. The Balaban J connectivity index is 1.53. The van der Waals surface area contributed by atoms with E-state index in [1.165, 1.54) is 24.2 Å². The summed E-state index contributed by atoms with van der Waals surface area (Å²) < 4.78 is 12.6.